The van der Waals surface area contributed by atoms with E-state index < -0.39 is 15.9 Å². The van der Waals surface area contributed by atoms with Crippen molar-refractivity contribution in [3.8, 4) is 0 Å². The summed E-state index contributed by atoms with van der Waals surface area (Å²) in [5.41, 5.74) is 2.48. The quantitative estimate of drug-likeness (QED) is 0.828. The van der Waals surface area contributed by atoms with Crippen LogP contribution in [0.15, 0.2) is 18.2 Å². The van der Waals surface area contributed by atoms with Crippen molar-refractivity contribution in [1.82, 2.24) is 5.32 Å². The zero-order valence-corrected chi connectivity index (χ0v) is 14.4. The molecule has 0 radical (unpaired) electrons. The fraction of sp³-hybridized carbons (Fsp3) is 0.467. The summed E-state index contributed by atoms with van der Waals surface area (Å²) in [5.74, 6) is 0.226. The molecular weight excluding hydrogens is 336 g/mol. The molecule has 2 heterocycles. The monoisotopic (exact) mass is 354 g/mol. The number of carbonyl (C=O) groups excluding carboxylic acids is 1. The Labute approximate surface area is 140 Å². The van der Waals surface area contributed by atoms with Crippen LogP contribution in [0.25, 0.3) is 0 Å². The second kappa shape index (κ2) is 6.09. The Morgan fingerprint density at radius 3 is 2.96 bits per heavy atom. The van der Waals surface area contributed by atoms with Crippen LogP contribution in [0.2, 0.25) is 0 Å². The number of carbonyl (C=O) groups is 1. The van der Waals surface area contributed by atoms with Crippen LogP contribution in [0, 0.1) is 0 Å². The number of thiocarbonyl (C=S) groups is 1. The number of benzene rings is 1. The van der Waals surface area contributed by atoms with E-state index in [0.29, 0.717) is 30.2 Å². The maximum absolute atomic E-state index is 12.1. The fourth-order valence-electron chi connectivity index (χ4n) is 2.83. The highest BCUT2D eigenvalue weighted by Gasteiger charge is 2.33. The summed E-state index contributed by atoms with van der Waals surface area (Å²) in [7, 11) is -3.04. The van der Waals surface area contributed by atoms with Gasteiger partial charge in [0.25, 0.3) is 0 Å². The lowest BCUT2D eigenvalue weighted by Crippen LogP contribution is -2.32. The first-order valence-corrected chi connectivity index (χ1v) is 9.62. The van der Waals surface area contributed by atoms with Gasteiger partial charge in [0.15, 0.2) is 9.84 Å². The molecular formula is C15H18N2O4S2. The molecule has 124 valence electrons. The Kier molecular flexibility index (Phi) is 4.29. The zero-order chi connectivity index (χ0) is 16.6. The van der Waals surface area contributed by atoms with E-state index in [2.05, 4.69) is 5.32 Å². The SMILES string of the molecule is CC(=S)NCC1CN(c2ccc3c(c2)CS(=O)(=O)CC3)C(=O)O1. The number of nitrogens with zero attached hydrogens (tertiary/aromatic N) is 1. The summed E-state index contributed by atoms with van der Waals surface area (Å²) in [6.07, 6.45) is -0.166. The number of sulfone groups is 1. The topological polar surface area (TPSA) is 75.7 Å². The van der Waals surface area contributed by atoms with E-state index in [1.807, 2.05) is 12.1 Å². The molecule has 2 aliphatic heterocycles. The molecule has 1 amide bonds. The molecule has 1 aromatic carbocycles. The standard InChI is InChI=1S/C15H18N2O4S2/c1-10(22)16-7-14-8-17(15(18)21-14)13-3-2-11-4-5-23(19,20)9-12(11)6-13/h2-3,6,14H,4-5,7-9H2,1H3,(H,16,22). The highest BCUT2D eigenvalue weighted by atomic mass is 32.2. The maximum Gasteiger partial charge on any atom is 0.414 e. The summed E-state index contributed by atoms with van der Waals surface area (Å²) < 4.78 is 28.9. The van der Waals surface area contributed by atoms with Gasteiger partial charge in [-0.1, -0.05) is 18.3 Å². The molecule has 0 spiro atoms. The van der Waals surface area contributed by atoms with Crippen molar-refractivity contribution < 1.29 is 17.9 Å². The van der Waals surface area contributed by atoms with Crippen LogP contribution in [0.3, 0.4) is 0 Å². The average molecular weight is 354 g/mol. The summed E-state index contributed by atoms with van der Waals surface area (Å²) in [5, 5.41) is 2.99. The first kappa shape index (κ1) is 16.2. The Morgan fingerprint density at radius 1 is 1.43 bits per heavy atom. The molecule has 8 heteroatoms. The number of fused-ring (bicyclic) bond motifs is 1. The zero-order valence-electron chi connectivity index (χ0n) is 12.7. The minimum absolute atomic E-state index is 0.0359. The van der Waals surface area contributed by atoms with Gasteiger partial charge in [0, 0.05) is 5.69 Å². The number of nitrogens with one attached hydrogen (secondary N) is 1. The number of cyclic esters (lactones) is 1. The third kappa shape index (κ3) is 3.64. The predicted octanol–water partition coefficient (Wildman–Crippen LogP) is 1.42. The number of amides is 1. The molecule has 0 aliphatic carbocycles. The van der Waals surface area contributed by atoms with Gasteiger partial charge in [-0.3, -0.25) is 4.90 Å². The van der Waals surface area contributed by atoms with Crippen molar-refractivity contribution in [1.29, 1.82) is 0 Å². The number of rotatable bonds is 3. The Morgan fingerprint density at radius 2 is 2.22 bits per heavy atom. The number of anilines is 1. The summed E-state index contributed by atoms with van der Waals surface area (Å²) in [6, 6.07) is 5.53. The molecule has 2 aliphatic rings. The summed E-state index contributed by atoms with van der Waals surface area (Å²) in [4.78, 5) is 14.2. The van der Waals surface area contributed by atoms with E-state index in [9.17, 15) is 13.2 Å². The van der Waals surface area contributed by atoms with Gasteiger partial charge in [0.2, 0.25) is 0 Å². The maximum atomic E-state index is 12.1. The summed E-state index contributed by atoms with van der Waals surface area (Å²) in [6.45, 7) is 2.66. The largest absolute Gasteiger partial charge is 0.442 e. The van der Waals surface area contributed by atoms with Crippen molar-refractivity contribution in [2.45, 2.75) is 25.2 Å². The lowest BCUT2D eigenvalue weighted by atomic mass is 10.0. The predicted molar refractivity (Wildman–Crippen MR) is 91.5 cm³/mol. The molecule has 1 fully saturated rings. The second-order valence-corrected chi connectivity index (χ2v) is 8.64. The van der Waals surface area contributed by atoms with Gasteiger partial charge in [-0.15, -0.1) is 0 Å². The molecule has 23 heavy (non-hydrogen) atoms. The molecule has 0 saturated carbocycles. The molecule has 1 saturated heterocycles. The summed E-state index contributed by atoms with van der Waals surface area (Å²) >= 11 is 4.95. The molecule has 3 rings (SSSR count). The Bertz CT molecular complexity index is 761. The molecule has 1 unspecified atom stereocenters. The number of aryl methyl sites for hydroxylation is 1. The first-order valence-electron chi connectivity index (χ1n) is 7.39. The van der Waals surface area contributed by atoms with E-state index in [0.717, 1.165) is 11.1 Å². The number of ether oxygens (including phenoxy) is 1. The molecule has 1 atom stereocenters. The average Bonchev–Trinajstić information content (AvgIpc) is 2.84. The molecule has 0 bridgehead atoms. The highest BCUT2D eigenvalue weighted by molar-refractivity contribution is 7.90. The van der Waals surface area contributed by atoms with Crippen molar-refractivity contribution in [2.24, 2.45) is 0 Å². The molecule has 6 nitrogen and oxygen atoms in total. The van der Waals surface area contributed by atoms with Crippen LogP contribution >= 0.6 is 12.2 Å². The van der Waals surface area contributed by atoms with E-state index in [4.69, 9.17) is 17.0 Å². The van der Waals surface area contributed by atoms with Crippen LogP contribution in [-0.2, 0) is 26.7 Å². The van der Waals surface area contributed by atoms with Crippen molar-refractivity contribution >= 4 is 38.8 Å². The molecule has 1 N–H and O–H groups in total. The lowest BCUT2D eigenvalue weighted by Gasteiger charge is -2.20. The normalized spacial score (nSPS) is 22.4. The van der Waals surface area contributed by atoms with Gasteiger partial charge in [0.1, 0.15) is 6.10 Å². The lowest BCUT2D eigenvalue weighted by molar-refractivity contribution is 0.143. The van der Waals surface area contributed by atoms with E-state index in [-0.39, 0.29) is 17.6 Å². The third-order valence-corrected chi connectivity index (χ3v) is 5.73. The van der Waals surface area contributed by atoms with Crippen LogP contribution < -0.4 is 10.2 Å². The molecule has 0 aromatic heterocycles. The van der Waals surface area contributed by atoms with Crippen molar-refractivity contribution in [3.63, 3.8) is 0 Å². The van der Waals surface area contributed by atoms with Crippen LogP contribution in [0.1, 0.15) is 18.1 Å². The van der Waals surface area contributed by atoms with Gasteiger partial charge in [-0.25, -0.2) is 13.2 Å². The van der Waals surface area contributed by atoms with Crippen LogP contribution in [0.4, 0.5) is 10.5 Å². The third-order valence-electron chi connectivity index (χ3n) is 4.01. The van der Waals surface area contributed by atoms with Gasteiger partial charge in [-0.05, 0) is 36.6 Å². The number of hydrogen-bond acceptors (Lipinski definition) is 5. The first-order chi connectivity index (χ1) is 10.8. The minimum Gasteiger partial charge on any atom is -0.442 e. The van der Waals surface area contributed by atoms with Crippen LogP contribution in [0.5, 0.6) is 0 Å². The molecule has 1 aromatic rings. The van der Waals surface area contributed by atoms with E-state index >= 15 is 0 Å². The smallest absolute Gasteiger partial charge is 0.414 e. The Balaban J connectivity index is 1.77. The number of hydrogen-bond donors (Lipinski definition) is 1. The second-order valence-electron chi connectivity index (χ2n) is 5.85. The van der Waals surface area contributed by atoms with Gasteiger partial charge < -0.3 is 10.1 Å². The van der Waals surface area contributed by atoms with Gasteiger partial charge in [-0.2, -0.15) is 0 Å². The highest BCUT2D eigenvalue weighted by Crippen LogP contribution is 2.28. The van der Waals surface area contributed by atoms with Crippen LogP contribution in [-0.4, -0.2) is 44.4 Å². The van der Waals surface area contributed by atoms with Gasteiger partial charge in [0.05, 0.1) is 29.6 Å². The van der Waals surface area contributed by atoms with E-state index in [1.54, 1.807) is 13.0 Å². The minimum atomic E-state index is -3.04. The van der Waals surface area contributed by atoms with E-state index in [1.165, 1.54) is 4.90 Å². The fourth-order valence-corrected chi connectivity index (χ4v) is 4.33. The Hall–Kier alpha value is -1.67. The van der Waals surface area contributed by atoms with Gasteiger partial charge >= 0.3 is 6.09 Å². The van der Waals surface area contributed by atoms with Crippen molar-refractivity contribution in [3.05, 3.63) is 29.3 Å². The van der Waals surface area contributed by atoms with Crippen molar-refractivity contribution in [2.75, 3.05) is 23.7 Å².